The van der Waals surface area contributed by atoms with Gasteiger partial charge < -0.3 is 20.1 Å². The number of nitrogen functional groups attached to an aromatic ring is 1. The largest absolute Gasteiger partial charge is 0.457 e. The molecular weight excluding hydrogens is 682 g/mol. The molecule has 274 valence electrons. The molecule has 1 unspecified atom stereocenters. The number of likely N-dealkylation sites (tertiary alicyclic amines) is 1. The third kappa shape index (κ3) is 7.73. The Bertz CT molecular complexity index is 1910. The molecule has 14 heteroatoms. The molecule has 0 saturated carbocycles. The van der Waals surface area contributed by atoms with Gasteiger partial charge in [-0.3, -0.25) is 14.6 Å². The summed E-state index contributed by atoms with van der Waals surface area (Å²) < 4.78 is 28.6. The first-order valence-electron chi connectivity index (χ1n) is 18.1. The number of nitrogens with zero attached hydrogens (tertiary/aromatic N) is 8. The quantitative estimate of drug-likeness (QED) is 0.192. The van der Waals surface area contributed by atoms with Crippen molar-refractivity contribution in [3.63, 3.8) is 0 Å². The molecule has 0 bridgehead atoms. The highest BCUT2D eigenvalue weighted by atomic mass is 32.2. The number of halogens is 1. The van der Waals surface area contributed by atoms with E-state index in [-0.39, 0.29) is 28.9 Å². The summed E-state index contributed by atoms with van der Waals surface area (Å²) >= 11 is 1.68. The smallest absolute Gasteiger partial charge is 0.240 e. The second-order valence-corrected chi connectivity index (χ2v) is 15.6. The highest BCUT2D eigenvalue weighted by molar-refractivity contribution is 7.99. The Kier molecular flexibility index (Phi) is 10.9. The van der Waals surface area contributed by atoms with E-state index in [1.807, 2.05) is 18.2 Å². The van der Waals surface area contributed by atoms with E-state index in [9.17, 15) is 10.1 Å². The minimum absolute atomic E-state index is 0.0423. The van der Waals surface area contributed by atoms with Gasteiger partial charge in [-0.15, -0.1) is 0 Å². The third-order valence-corrected chi connectivity index (χ3v) is 11.7. The lowest BCUT2D eigenvalue weighted by molar-refractivity contribution is -0.134. The summed E-state index contributed by atoms with van der Waals surface area (Å²) in [6, 6.07) is 16.4. The molecule has 2 aromatic carbocycles. The predicted octanol–water partition coefficient (Wildman–Crippen LogP) is 5.23. The number of piperidine rings is 1. The number of ether oxygens (including phenoxy) is 2. The summed E-state index contributed by atoms with van der Waals surface area (Å²) in [5, 5.41) is 15.4. The van der Waals surface area contributed by atoms with Crippen molar-refractivity contribution in [2.45, 2.75) is 50.7 Å². The van der Waals surface area contributed by atoms with Gasteiger partial charge in [0.1, 0.15) is 41.1 Å². The molecule has 0 aliphatic carbocycles. The van der Waals surface area contributed by atoms with E-state index in [0.717, 1.165) is 64.4 Å². The average molecular weight is 728 g/mol. The predicted molar refractivity (Wildman–Crippen MR) is 199 cm³/mol. The highest BCUT2D eigenvalue weighted by Gasteiger charge is 2.35. The van der Waals surface area contributed by atoms with Crippen molar-refractivity contribution < 1.29 is 18.7 Å². The lowest BCUT2D eigenvalue weighted by Gasteiger charge is -2.47. The molecule has 2 aromatic heterocycles. The number of carbonyl (C=O) groups excluding carboxylic acids is 1. The number of benzene rings is 2. The number of para-hydroxylation sites is 1. The van der Waals surface area contributed by atoms with Crippen LogP contribution in [0.25, 0.3) is 22.3 Å². The highest BCUT2D eigenvalue weighted by Crippen LogP contribution is 2.37. The molecule has 1 amide bonds. The first-order valence-corrected chi connectivity index (χ1v) is 19.2. The van der Waals surface area contributed by atoms with Gasteiger partial charge in [0.05, 0.1) is 36.8 Å². The van der Waals surface area contributed by atoms with E-state index >= 15 is 4.39 Å². The van der Waals surface area contributed by atoms with Crippen LogP contribution in [-0.4, -0.2) is 116 Å². The van der Waals surface area contributed by atoms with Crippen LogP contribution in [0.1, 0.15) is 39.2 Å². The zero-order chi connectivity index (χ0) is 36.2. The molecule has 0 radical (unpaired) electrons. The van der Waals surface area contributed by atoms with Crippen LogP contribution < -0.4 is 10.5 Å². The Morgan fingerprint density at radius 1 is 1.10 bits per heavy atom. The van der Waals surface area contributed by atoms with Gasteiger partial charge in [-0.2, -0.15) is 22.1 Å². The van der Waals surface area contributed by atoms with Gasteiger partial charge in [0.2, 0.25) is 5.91 Å². The summed E-state index contributed by atoms with van der Waals surface area (Å²) in [7, 11) is 0. The fourth-order valence-electron chi connectivity index (χ4n) is 7.36. The number of hydrogen-bond donors (Lipinski definition) is 1. The Hall–Kier alpha value is -4.29. The van der Waals surface area contributed by atoms with E-state index in [2.05, 4.69) is 39.7 Å². The standard InChI is InChI=1S/C38H46FN9O3S/c1-38(2,47-16-14-45(15-17-47)28-22-50-23-28)12-18-52-24-26(20-40)37(49)46-13-6-7-27(21-46)48-36-33(35(41)42-25-43-36)34(44-48)31-11-10-30(19-32(31)39)51-29-8-4-3-5-9-29/h3-5,8-11,19,25-28H,6-7,12-18,21-24H2,1-2H3,(H2,41,42,43)/t26?,27-/m1/s1. The maximum atomic E-state index is 15.7. The molecule has 2 atom stereocenters. The van der Waals surface area contributed by atoms with Crippen LogP contribution in [0.3, 0.4) is 0 Å². The van der Waals surface area contributed by atoms with Crippen molar-refractivity contribution in [1.29, 1.82) is 5.26 Å². The number of aromatic nitrogens is 4. The fraction of sp³-hybridized carbons (Fsp3) is 0.500. The molecule has 7 rings (SSSR count). The SMILES string of the molecule is CC(C)(CCSCC(C#N)C(=O)N1CCC[C@@H](n2nc(-c3ccc(Oc4ccccc4)cc3F)c3c(N)ncnc32)C1)N1CCN(C2COC2)CC1. The maximum Gasteiger partial charge on any atom is 0.240 e. The zero-order valence-electron chi connectivity index (χ0n) is 29.8. The van der Waals surface area contributed by atoms with Crippen LogP contribution in [0, 0.1) is 23.1 Å². The number of fused-ring (bicyclic) bond motifs is 1. The maximum absolute atomic E-state index is 15.7. The van der Waals surface area contributed by atoms with Gasteiger partial charge in [0.25, 0.3) is 0 Å². The molecule has 5 heterocycles. The van der Waals surface area contributed by atoms with Gasteiger partial charge in [-0.25, -0.2) is 19.0 Å². The summed E-state index contributed by atoms with van der Waals surface area (Å²) in [6.45, 7) is 11.4. The minimum atomic E-state index is -0.742. The van der Waals surface area contributed by atoms with E-state index in [0.29, 0.717) is 53.1 Å². The van der Waals surface area contributed by atoms with Gasteiger partial charge in [0.15, 0.2) is 5.65 Å². The number of carbonyl (C=O) groups is 1. The Morgan fingerprint density at radius 2 is 1.88 bits per heavy atom. The van der Waals surface area contributed by atoms with Gasteiger partial charge >= 0.3 is 0 Å². The summed E-state index contributed by atoms with van der Waals surface area (Å²) in [5.74, 6) is 1.03. The zero-order valence-corrected chi connectivity index (χ0v) is 30.6. The second-order valence-electron chi connectivity index (χ2n) is 14.4. The number of anilines is 1. The van der Waals surface area contributed by atoms with E-state index in [4.69, 9.17) is 20.3 Å². The van der Waals surface area contributed by atoms with E-state index in [1.54, 1.807) is 45.6 Å². The first kappa shape index (κ1) is 36.1. The number of rotatable bonds is 12. The van der Waals surface area contributed by atoms with Crippen LogP contribution in [0.15, 0.2) is 54.9 Å². The van der Waals surface area contributed by atoms with Crippen molar-refractivity contribution in [3.05, 3.63) is 60.7 Å². The molecule has 3 fully saturated rings. The van der Waals surface area contributed by atoms with Crippen molar-refractivity contribution in [3.8, 4) is 28.8 Å². The summed E-state index contributed by atoms with van der Waals surface area (Å²) in [6.07, 6.45) is 3.81. The molecule has 4 aromatic rings. The summed E-state index contributed by atoms with van der Waals surface area (Å²) in [5.41, 5.74) is 7.42. The van der Waals surface area contributed by atoms with E-state index < -0.39 is 11.7 Å². The van der Waals surface area contributed by atoms with Crippen molar-refractivity contribution in [1.82, 2.24) is 34.4 Å². The molecule has 12 nitrogen and oxygen atoms in total. The van der Waals surface area contributed by atoms with Crippen LogP contribution in [0.4, 0.5) is 10.2 Å². The van der Waals surface area contributed by atoms with E-state index in [1.165, 1.54) is 12.4 Å². The first-order chi connectivity index (χ1) is 25.2. The van der Waals surface area contributed by atoms with Crippen molar-refractivity contribution in [2.75, 3.05) is 69.7 Å². The molecule has 0 spiro atoms. The van der Waals surface area contributed by atoms with Crippen molar-refractivity contribution in [2.24, 2.45) is 5.92 Å². The number of nitrogens with two attached hydrogens (primary N) is 1. The summed E-state index contributed by atoms with van der Waals surface area (Å²) in [4.78, 5) is 29.3. The average Bonchev–Trinajstić information content (AvgIpc) is 3.52. The molecular formula is C38H46FN9O3S. The Labute approximate surface area is 308 Å². The number of amides is 1. The Balaban J connectivity index is 0.988. The number of thioether (sulfide) groups is 1. The number of nitriles is 1. The van der Waals surface area contributed by atoms with Crippen LogP contribution >= 0.6 is 11.8 Å². The topological polar surface area (TPSA) is 139 Å². The van der Waals surface area contributed by atoms with Gasteiger partial charge in [0, 0.05) is 62.2 Å². The third-order valence-electron chi connectivity index (χ3n) is 10.7. The molecule has 2 N–H and O–H groups in total. The molecule has 3 aliphatic heterocycles. The monoisotopic (exact) mass is 727 g/mol. The normalized spacial score (nSPS) is 19.7. The number of hydrogen-bond acceptors (Lipinski definition) is 11. The Morgan fingerprint density at radius 3 is 2.60 bits per heavy atom. The minimum Gasteiger partial charge on any atom is -0.457 e. The fourth-order valence-corrected chi connectivity index (χ4v) is 8.62. The van der Waals surface area contributed by atoms with Gasteiger partial charge in [-0.05, 0) is 63.1 Å². The lowest BCUT2D eigenvalue weighted by atomic mass is 9.98. The van der Waals surface area contributed by atoms with Gasteiger partial charge in [-0.1, -0.05) is 18.2 Å². The molecule has 3 saturated heterocycles. The van der Waals surface area contributed by atoms with Crippen LogP contribution in [0.2, 0.25) is 0 Å². The molecule has 52 heavy (non-hydrogen) atoms. The van der Waals surface area contributed by atoms with Crippen LogP contribution in [-0.2, 0) is 9.53 Å². The van der Waals surface area contributed by atoms with Crippen molar-refractivity contribution >= 4 is 34.5 Å². The molecule has 3 aliphatic rings. The number of piperazine rings is 1. The lowest BCUT2D eigenvalue weighted by Crippen LogP contribution is -2.60. The van der Waals surface area contributed by atoms with Crippen LogP contribution in [0.5, 0.6) is 11.5 Å². The second kappa shape index (κ2) is 15.8.